The van der Waals surface area contributed by atoms with Gasteiger partial charge in [0.2, 0.25) is 0 Å². The van der Waals surface area contributed by atoms with E-state index in [1.54, 1.807) is 0 Å². The largest absolute Gasteiger partial charge is 0.494 e. The first-order chi connectivity index (χ1) is 9.08. The van der Waals surface area contributed by atoms with Crippen molar-refractivity contribution in [2.24, 2.45) is 16.6 Å². The van der Waals surface area contributed by atoms with Gasteiger partial charge < -0.3 is 9.47 Å². The Kier molecular flexibility index (Phi) is 5.66. The quantitative estimate of drug-likeness (QED) is 0.369. The van der Waals surface area contributed by atoms with Crippen molar-refractivity contribution in [3.05, 3.63) is 23.8 Å². The highest BCUT2D eigenvalue weighted by Gasteiger charge is 2.09. The first kappa shape index (κ1) is 14.8. The Morgan fingerprint density at radius 1 is 1.21 bits per heavy atom. The molecule has 0 saturated heterocycles. The SMILES string of the molecule is CCOc1ccc(OCC)c(/C(C)=N\[NH+]=C(N)N)c1. The minimum Gasteiger partial charge on any atom is -0.494 e. The van der Waals surface area contributed by atoms with Gasteiger partial charge in [0.15, 0.2) is 0 Å². The summed E-state index contributed by atoms with van der Waals surface area (Å²) in [6.07, 6.45) is 0. The van der Waals surface area contributed by atoms with Crippen molar-refractivity contribution in [2.45, 2.75) is 20.8 Å². The molecule has 0 amide bonds. The molecule has 1 aromatic carbocycles. The fourth-order valence-electron chi connectivity index (χ4n) is 1.54. The number of hydrogen-bond donors (Lipinski definition) is 3. The second-order valence-corrected chi connectivity index (χ2v) is 3.79. The van der Waals surface area contributed by atoms with Gasteiger partial charge in [-0.1, -0.05) is 0 Å². The van der Waals surface area contributed by atoms with Crippen molar-refractivity contribution in [2.75, 3.05) is 13.2 Å². The third-order valence-electron chi connectivity index (χ3n) is 2.30. The molecule has 0 unspecified atom stereocenters. The van der Waals surface area contributed by atoms with Crippen LogP contribution in [0.3, 0.4) is 0 Å². The highest BCUT2D eigenvalue weighted by Crippen LogP contribution is 2.25. The van der Waals surface area contributed by atoms with Crippen LogP contribution in [0.15, 0.2) is 23.3 Å². The van der Waals surface area contributed by atoms with E-state index in [0.29, 0.717) is 18.9 Å². The first-order valence-electron chi connectivity index (χ1n) is 6.16. The van der Waals surface area contributed by atoms with Gasteiger partial charge in [-0.05, 0) is 39.0 Å². The van der Waals surface area contributed by atoms with E-state index in [1.165, 1.54) is 0 Å². The fourth-order valence-corrected chi connectivity index (χ4v) is 1.54. The van der Waals surface area contributed by atoms with Crippen molar-refractivity contribution in [3.8, 4) is 11.5 Å². The molecule has 6 nitrogen and oxygen atoms in total. The summed E-state index contributed by atoms with van der Waals surface area (Å²) in [4.78, 5) is 0. The van der Waals surface area contributed by atoms with E-state index < -0.39 is 0 Å². The molecule has 0 saturated carbocycles. The van der Waals surface area contributed by atoms with Gasteiger partial charge in [0.25, 0.3) is 0 Å². The zero-order valence-corrected chi connectivity index (χ0v) is 11.6. The summed E-state index contributed by atoms with van der Waals surface area (Å²) in [6.45, 7) is 6.88. The molecule has 5 N–H and O–H groups in total. The molecule has 1 aromatic rings. The molecule has 19 heavy (non-hydrogen) atoms. The van der Waals surface area contributed by atoms with Crippen molar-refractivity contribution in [1.82, 2.24) is 0 Å². The van der Waals surface area contributed by atoms with Crippen LogP contribution in [0.5, 0.6) is 11.5 Å². The number of hydrogen-bond acceptors (Lipinski definition) is 3. The third-order valence-corrected chi connectivity index (χ3v) is 2.30. The van der Waals surface area contributed by atoms with E-state index >= 15 is 0 Å². The number of benzene rings is 1. The van der Waals surface area contributed by atoms with Gasteiger partial charge >= 0.3 is 5.96 Å². The summed E-state index contributed by atoms with van der Waals surface area (Å²) in [5.74, 6) is 1.54. The molecule has 6 heteroatoms. The van der Waals surface area contributed by atoms with Crippen LogP contribution >= 0.6 is 0 Å². The van der Waals surface area contributed by atoms with Crippen LogP contribution < -0.4 is 26.0 Å². The molecule has 0 heterocycles. The summed E-state index contributed by atoms with van der Waals surface area (Å²) in [5.41, 5.74) is 12.2. The number of rotatable bonds is 6. The predicted octanol–water partition coefficient (Wildman–Crippen LogP) is -0.438. The molecule has 0 fully saturated rings. The van der Waals surface area contributed by atoms with Crippen LogP contribution in [0, 0.1) is 0 Å². The number of ether oxygens (including phenoxy) is 2. The first-order valence-corrected chi connectivity index (χ1v) is 6.16. The zero-order valence-electron chi connectivity index (χ0n) is 11.6. The van der Waals surface area contributed by atoms with E-state index in [9.17, 15) is 0 Å². The van der Waals surface area contributed by atoms with Gasteiger partial charge in [0, 0.05) is 5.56 Å². The standard InChI is InChI=1S/C13H20N4O2/c1-4-18-10-6-7-12(19-5-2)11(8-10)9(3)16-17-13(14)15/h6-8H,4-5H2,1-3H3,(H4,14,15,17)/p+1/b16-9-. The van der Waals surface area contributed by atoms with E-state index in [-0.39, 0.29) is 5.96 Å². The van der Waals surface area contributed by atoms with Crippen molar-refractivity contribution in [1.29, 1.82) is 0 Å². The molecule has 0 atom stereocenters. The molecule has 0 bridgehead atoms. The Hall–Kier alpha value is -2.24. The smallest absolute Gasteiger partial charge is 0.362 e. The van der Waals surface area contributed by atoms with Gasteiger partial charge in [-0.3, -0.25) is 11.5 Å². The Morgan fingerprint density at radius 3 is 2.47 bits per heavy atom. The number of nitrogens with two attached hydrogens (primary N) is 2. The molecule has 0 radical (unpaired) electrons. The molecular weight excluding hydrogens is 244 g/mol. The molecule has 0 aliphatic heterocycles. The molecule has 0 aromatic heterocycles. The Morgan fingerprint density at radius 2 is 1.89 bits per heavy atom. The van der Waals surface area contributed by atoms with Crippen molar-refractivity contribution >= 4 is 11.7 Å². The van der Waals surface area contributed by atoms with E-state index in [0.717, 1.165) is 17.1 Å². The Balaban J connectivity index is 3.15. The minimum absolute atomic E-state index is 0.0401. The van der Waals surface area contributed by atoms with Crippen molar-refractivity contribution in [3.63, 3.8) is 0 Å². The molecular formula is C13H21N4O2+. The van der Waals surface area contributed by atoms with Crippen LogP contribution in [0.4, 0.5) is 0 Å². The van der Waals surface area contributed by atoms with Gasteiger partial charge in [0.05, 0.1) is 18.9 Å². The Labute approximate surface area is 113 Å². The fraction of sp³-hybridized carbons (Fsp3) is 0.385. The maximum atomic E-state index is 5.56. The van der Waals surface area contributed by atoms with Crippen LogP contribution in [-0.2, 0) is 0 Å². The van der Waals surface area contributed by atoms with Crippen molar-refractivity contribution < 1.29 is 14.6 Å². The summed E-state index contributed by atoms with van der Waals surface area (Å²) in [7, 11) is 0. The molecule has 0 aliphatic rings. The maximum Gasteiger partial charge on any atom is 0.362 e. The second kappa shape index (κ2) is 7.25. The predicted molar refractivity (Wildman–Crippen MR) is 75.3 cm³/mol. The Bertz CT molecular complexity index is 480. The molecule has 1 rings (SSSR count). The summed E-state index contributed by atoms with van der Waals surface area (Å²) < 4.78 is 11.0. The second-order valence-electron chi connectivity index (χ2n) is 3.79. The van der Waals surface area contributed by atoms with Crippen LogP contribution in [0.25, 0.3) is 0 Å². The molecule has 0 spiro atoms. The summed E-state index contributed by atoms with van der Waals surface area (Å²) in [5, 5.41) is 6.61. The van der Waals surface area contributed by atoms with Gasteiger partial charge in [0.1, 0.15) is 11.5 Å². The average molecular weight is 265 g/mol. The highest BCUT2D eigenvalue weighted by atomic mass is 16.5. The number of hydrazone groups is 1. The van der Waals surface area contributed by atoms with Gasteiger partial charge in [-0.2, -0.15) is 5.10 Å². The van der Waals surface area contributed by atoms with Gasteiger partial charge in [-0.25, -0.2) is 0 Å². The average Bonchev–Trinajstić information content (AvgIpc) is 2.38. The van der Waals surface area contributed by atoms with E-state index in [4.69, 9.17) is 20.9 Å². The minimum atomic E-state index is 0.0401. The lowest BCUT2D eigenvalue weighted by molar-refractivity contribution is -0.464. The lowest BCUT2D eigenvalue weighted by atomic mass is 10.1. The third kappa shape index (κ3) is 4.50. The van der Waals surface area contributed by atoms with Crippen LogP contribution in [-0.4, -0.2) is 24.9 Å². The van der Waals surface area contributed by atoms with E-state index in [2.05, 4.69) is 10.2 Å². The van der Waals surface area contributed by atoms with Crippen LogP contribution in [0.2, 0.25) is 0 Å². The highest BCUT2D eigenvalue weighted by molar-refractivity contribution is 6.01. The lowest BCUT2D eigenvalue weighted by Gasteiger charge is -2.11. The number of nitrogens with one attached hydrogen (secondary N) is 1. The zero-order chi connectivity index (χ0) is 14.3. The van der Waals surface area contributed by atoms with Crippen LogP contribution in [0.1, 0.15) is 26.3 Å². The number of nitrogens with zero attached hydrogens (tertiary/aromatic N) is 1. The van der Waals surface area contributed by atoms with Gasteiger partial charge in [-0.15, -0.1) is 5.10 Å². The lowest BCUT2D eigenvalue weighted by Crippen LogP contribution is -2.72. The normalized spacial score (nSPS) is 11.0. The van der Waals surface area contributed by atoms with E-state index in [1.807, 2.05) is 39.0 Å². The monoisotopic (exact) mass is 265 g/mol. The summed E-state index contributed by atoms with van der Waals surface area (Å²) >= 11 is 0. The molecule has 104 valence electrons. The maximum absolute atomic E-state index is 5.56. The summed E-state index contributed by atoms with van der Waals surface area (Å²) in [6, 6.07) is 5.60. The molecule has 0 aliphatic carbocycles. The topological polar surface area (TPSA) is 96.8 Å². The number of guanidine groups is 1.